The normalized spacial score (nSPS) is 27.6. The molecule has 3 fully saturated rings. The molecular weight excluding hydrogens is 382 g/mol. The zero-order valence-electron chi connectivity index (χ0n) is 16.5. The predicted octanol–water partition coefficient (Wildman–Crippen LogP) is 3.64. The van der Waals surface area contributed by atoms with E-state index in [9.17, 15) is 14.7 Å². The second kappa shape index (κ2) is 6.08. The summed E-state index contributed by atoms with van der Waals surface area (Å²) in [5.41, 5.74) is 3.14. The standard InChI is InChI=1S/C24H23NO5/c26-21(27)23-10-9-15(11-23)30-24(23)13-25(14-24)22(28)29-12-20-18-7-3-1-5-16(18)17-6-2-4-8-19(17)20/h1-8,15,20H,9-14H2,(H,26,27). The highest BCUT2D eigenvalue weighted by atomic mass is 16.6. The predicted molar refractivity (Wildman–Crippen MR) is 108 cm³/mol. The van der Waals surface area contributed by atoms with Crippen LogP contribution >= 0.6 is 0 Å². The van der Waals surface area contributed by atoms with Gasteiger partial charge in [0.1, 0.15) is 17.6 Å². The number of ether oxygens (including phenoxy) is 2. The van der Waals surface area contributed by atoms with Gasteiger partial charge in [-0.25, -0.2) is 4.79 Å². The van der Waals surface area contributed by atoms with Crippen molar-refractivity contribution in [3.63, 3.8) is 0 Å². The second-order valence-electron chi connectivity index (χ2n) is 9.02. The highest BCUT2D eigenvalue weighted by Gasteiger charge is 2.72. The molecule has 2 aliphatic heterocycles. The summed E-state index contributed by atoms with van der Waals surface area (Å²) < 4.78 is 11.8. The number of fused-ring (bicyclic) bond motifs is 6. The summed E-state index contributed by atoms with van der Waals surface area (Å²) >= 11 is 0. The van der Waals surface area contributed by atoms with Gasteiger partial charge in [-0.3, -0.25) is 4.79 Å². The average Bonchev–Trinajstić information content (AvgIpc) is 3.40. The maximum Gasteiger partial charge on any atom is 0.409 e. The molecule has 30 heavy (non-hydrogen) atoms. The molecular formula is C24H23NO5. The van der Waals surface area contributed by atoms with Crippen molar-refractivity contribution in [3.05, 3.63) is 59.7 Å². The van der Waals surface area contributed by atoms with Crippen molar-refractivity contribution in [3.8, 4) is 11.1 Å². The van der Waals surface area contributed by atoms with Crippen LogP contribution in [0.4, 0.5) is 4.79 Å². The maximum absolute atomic E-state index is 12.7. The number of carboxylic acids is 1. The fraction of sp³-hybridized carbons (Fsp3) is 0.417. The lowest BCUT2D eigenvalue weighted by Gasteiger charge is -2.54. The minimum atomic E-state index is -0.849. The number of carboxylic acid groups (broad SMARTS) is 1. The van der Waals surface area contributed by atoms with Gasteiger partial charge in [-0.2, -0.15) is 0 Å². The van der Waals surface area contributed by atoms with E-state index >= 15 is 0 Å². The fourth-order valence-electron chi connectivity index (χ4n) is 6.10. The van der Waals surface area contributed by atoms with Crippen LogP contribution in [-0.4, -0.2) is 53.5 Å². The molecule has 6 heteroatoms. The molecule has 1 saturated carbocycles. The first-order valence-electron chi connectivity index (χ1n) is 10.5. The molecule has 1 N–H and O–H groups in total. The third kappa shape index (κ3) is 2.23. The van der Waals surface area contributed by atoms with Crippen LogP contribution in [0.5, 0.6) is 0 Å². The number of amides is 1. The van der Waals surface area contributed by atoms with Crippen LogP contribution < -0.4 is 0 Å². The monoisotopic (exact) mass is 405 g/mol. The Balaban J connectivity index is 1.16. The molecule has 1 spiro atoms. The third-order valence-corrected chi connectivity index (χ3v) is 7.63. The first-order chi connectivity index (χ1) is 14.5. The number of likely N-dealkylation sites (tertiary alicyclic amines) is 1. The SMILES string of the molecule is O=C(OCC1c2ccccc2-c2ccccc21)N1CC2(C1)OC1CCC2(C(=O)O)C1. The van der Waals surface area contributed by atoms with Crippen molar-refractivity contribution in [2.24, 2.45) is 5.41 Å². The van der Waals surface area contributed by atoms with Crippen molar-refractivity contribution >= 4 is 12.1 Å². The molecule has 2 heterocycles. The van der Waals surface area contributed by atoms with Gasteiger partial charge in [-0.1, -0.05) is 48.5 Å². The lowest BCUT2D eigenvalue weighted by atomic mass is 9.67. The number of carbonyl (C=O) groups is 2. The molecule has 6 rings (SSSR count). The third-order valence-electron chi connectivity index (χ3n) is 7.63. The Kier molecular flexibility index (Phi) is 3.64. The van der Waals surface area contributed by atoms with E-state index in [1.54, 1.807) is 4.90 Å². The number of aliphatic carboxylic acids is 1. The van der Waals surface area contributed by atoms with E-state index in [1.165, 1.54) is 22.3 Å². The molecule has 2 aromatic carbocycles. The summed E-state index contributed by atoms with van der Waals surface area (Å²) in [4.78, 5) is 26.3. The maximum atomic E-state index is 12.7. The Morgan fingerprint density at radius 3 is 2.30 bits per heavy atom. The van der Waals surface area contributed by atoms with Crippen LogP contribution in [0, 0.1) is 5.41 Å². The number of carbonyl (C=O) groups excluding carboxylic acids is 1. The van der Waals surface area contributed by atoms with Crippen molar-refractivity contribution in [2.45, 2.75) is 36.9 Å². The quantitative estimate of drug-likeness (QED) is 0.844. The van der Waals surface area contributed by atoms with E-state index < -0.39 is 23.1 Å². The number of hydrogen-bond donors (Lipinski definition) is 1. The van der Waals surface area contributed by atoms with Gasteiger partial charge in [0.2, 0.25) is 0 Å². The van der Waals surface area contributed by atoms with E-state index in [1.807, 2.05) is 24.3 Å². The Morgan fingerprint density at radius 2 is 1.70 bits per heavy atom. The molecule has 2 saturated heterocycles. The summed E-state index contributed by atoms with van der Waals surface area (Å²) in [5, 5.41) is 9.83. The highest BCUT2D eigenvalue weighted by Crippen LogP contribution is 2.60. The summed E-state index contributed by atoms with van der Waals surface area (Å²) in [6.07, 6.45) is 1.59. The smallest absolute Gasteiger partial charge is 0.409 e. The minimum Gasteiger partial charge on any atom is -0.481 e. The largest absolute Gasteiger partial charge is 0.481 e. The second-order valence-corrected chi connectivity index (χ2v) is 9.02. The zero-order chi connectivity index (χ0) is 20.5. The lowest BCUT2D eigenvalue weighted by molar-refractivity contribution is -0.204. The number of rotatable bonds is 3. The van der Waals surface area contributed by atoms with Gasteiger partial charge in [-0.15, -0.1) is 0 Å². The first kappa shape index (κ1) is 18.0. The fourth-order valence-corrected chi connectivity index (χ4v) is 6.10. The molecule has 2 bridgehead atoms. The van der Waals surface area contributed by atoms with Crippen molar-refractivity contribution < 1.29 is 24.2 Å². The van der Waals surface area contributed by atoms with Crippen LogP contribution in [0.15, 0.2) is 48.5 Å². The number of hydrogen-bond acceptors (Lipinski definition) is 4. The summed E-state index contributed by atoms with van der Waals surface area (Å²) in [6, 6.07) is 16.5. The zero-order valence-corrected chi connectivity index (χ0v) is 16.5. The molecule has 4 aliphatic rings. The van der Waals surface area contributed by atoms with Crippen LogP contribution in [0.3, 0.4) is 0 Å². The first-order valence-corrected chi connectivity index (χ1v) is 10.5. The molecule has 1 amide bonds. The van der Waals surface area contributed by atoms with E-state index in [0.29, 0.717) is 25.9 Å². The molecule has 6 nitrogen and oxygen atoms in total. The molecule has 154 valence electrons. The number of nitrogens with zero attached hydrogens (tertiary/aromatic N) is 1. The Hall–Kier alpha value is -2.86. The highest BCUT2D eigenvalue weighted by molar-refractivity contribution is 5.80. The van der Waals surface area contributed by atoms with Gasteiger partial charge < -0.3 is 19.5 Å². The molecule has 2 atom stereocenters. The van der Waals surface area contributed by atoms with Gasteiger partial charge in [0.05, 0.1) is 19.2 Å². The topological polar surface area (TPSA) is 76.1 Å². The molecule has 0 aromatic heterocycles. The molecule has 2 unspecified atom stereocenters. The molecule has 0 radical (unpaired) electrons. The Bertz CT molecular complexity index is 1010. The Morgan fingerprint density at radius 1 is 1.07 bits per heavy atom. The van der Waals surface area contributed by atoms with Crippen molar-refractivity contribution in [2.75, 3.05) is 19.7 Å². The number of benzene rings is 2. The van der Waals surface area contributed by atoms with Gasteiger partial charge in [0.25, 0.3) is 0 Å². The minimum absolute atomic E-state index is 0.00534. The lowest BCUT2D eigenvalue weighted by Crippen LogP contribution is -2.72. The summed E-state index contributed by atoms with van der Waals surface area (Å²) in [7, 11) is 0. The van der Waals surface area contributed by atoms with Crippen molar-refractivity contribution in [1.29, 1.82) is 0 Å². The Labute approximate surface area is 174 Å². The van der Waals surface area contributed by atoms with Gasteiger partial charge >= 0.3 is 12.1 Å². The van der Waals surface area contributed by atoms with Gasteiger partial charge in [0, 0.05) is 5.92 Å². The van der Waals surface area contributed by atoms with Crippen LogP contribution in [-0.2, 0) is 14.3 Å². The van der Waals surface area contributed by atoms with Crippen LogP contribution in [0.25, 0.3) is 11.1 Å². The van der Waals surface area contributed by atoms with E-state index in [0.717, 1.165) is 6.42 Å². The summed E-state index contributed by atoms with van der Waals surface area (Å²) in [5.74, 6) is -0.782. The molecule has 2 aliphatic carbocycles. The van der Waals surface area contributed by atoms with Gasteiger partial charge in [0.15, 0.2) is 0 Å². The summed E-state index contributed by atoms with van der Waals surface area (Å²) in [6.45, 7) is 0.864. The average molecular weight is 405 g/mol. The van der Waals surface area contributed by atoms with E-state index in [4.69, 9.17) is 9.47 Å². The molecule has 2 aromatic rings. The van der Waals surface area contributed by atoms with Crippen LogP contribution in [0.1, 0.15) is 36.3 Å². The van der Waals surface area contributed by atoms with Gasteiger partial charge in [-0.05, 0) is 41.5 Å². The van der Waals surface area contributed by atoms with Crippen molar-refractivity contribution in [1.82, 2.24) is 4.90 Å². The van der Waals surface area contributed by atoms with Crippen LogP contribution in [0.2, 0.25) is 0 Å². The van der Waals surface area contributed by atoms with E-state index in [2.05, 4.69) is 24.3 Å². The van der Waals surface area contributed by atoms with E-state index in [-0.39, 0.29) is 18.6 Å².